The van der Waals surface area contributed by atoms with Crippen LogP contribution in [0.5, 0.6) is 5.75 Å². The normalized spacial score (nSPS) is 15.2. The summed E-state index contributed by atoms with van der Waals surface area (Å²) in [6.07, 6.45) is 27.2. The van der Waals surface area contributed by atoms with Gasteiger partial charge in [-0.15, -0.1) is 6.58 Å². The third-order valence-corrected chi connectivity index (χ3v) is 13.0. The lowest BCUT2D eigenvalue weighted by atomic mass is 9.92. The van der Waals surface area contributed by atoms with Crippen LogP contribution in [-0.4, -0.2) is 6.10 Å². The van der Waals surface area contributed by atoms with Crippen LogP contribution in [0.4, 0.5) is 22.7 Å². The molecule has 1 heterocycles. The van der Waals surface area contributed by atoms with Gasteiger partial charge in [0.2, 0.25) is 0 Å². The van der Waals surface area contributed by atoms with Crippen molar-refractivity contribution < 1.29 is 9.47 Å². The number of benzene rings is 6. The molecule has 0 fully saturated rings. The Labute approximate surface area is 404 Å². The quantitative estimate of drug-likeness (QED) is 0.0371. The second-order valence-corrected chi connectivity index (χ2v) is 17.8. The summed E-state index contributed by atoms with van der Waals surface area (Å²) in [7, 11) is 0. The fourth-order valence-corrected chi connectivity index (χ4v) is 9.25. The average molecular weight is 893 g/mol. The smallest absolute Gasteiger partial charge is 0.155 e. The molecule has 342 valence electrons. The zero-order chi connectivity index (χ0) is 47.9. The van der Waals surface area contributed by atoms with E-state index in [2.05, 4.69) is 222 Å². The van der Waals surface area contributed by atoms with E-state index < -0.39 is 0 Å². The van der Waals surface area contributed by atoms with Crippen molar-refractivity contribution in [2.24, 2.45) is 5.92 Å². The highest BCUT2D eigenvalue weighted by molar-refractivity contribution is 6.24. The molecular formula is C64H64N2O2. The number of allylic oxidation sites excluding steroid dienone is 13. The molecule has 2 aliphatic rings. The lowest BCUT2D eigenvalue weighted by Gasteiger charge is -2.33. The zero-order valence-corrected chi connectivity index (χ0v) is 40.6. The van der Waals surface area contributed by atoms with E-state index in [1.165, 1.54) is 5.56 Å². The number of anilines is 4. The van der Waals surface area contributed by atoms with Gasteiger partial charge in [-0.3, -0.25) is 0 Å². The van der Waals surface area contributed by atoms with Gasteiger partial charge in [-0.1, -0.05) is 161 Å². The lowest BCUT2D eigenvalue weighted by molar-refractivity contribution is 0.173. The molecule has 0 amide bonds. The van der Waals surface area contributed by atoms with Gasteiger partial charge < -0.3 is 19.3 Å². The molecule has 1 aliphatic carbocycles. The number of aryl methyl sites for hydroxylation is 1. The van der Waals surface area contributed by atoms with E-state index in [0.717, 1.165) is 108 Å². The van der Waals surface area contributed by atoms with Crippen LogP contribution in [0.3, 0.4) is 0 Å². The summed E-state index contributed by atoms with van der Waals surface area (Å²) in [6, 6.07) is 37.8. The fourth-order valence-electron chi connectivity index (χ4n) is 9.25. The lowest BCUT2D eigenvalue weighted by Crippen LogP contribution is -2.24. The molecule has 2 atom stereocenters. The molecule has 0 spiro atoms. The highest BCUT2D eigenvalue weighted by atomic mass is 16.5. The standard InChI is InChI=1S/C64H64N2O2/c1-11-16-25-45(9)63(67-46(10)24-12-2)59(15-5)65(49(14-4)37-34-44(8)43(6)7)61-41-57-54-29-20-22-31-56(54)62(42-58(57)53-28-19-21-30-55(53)61)66(50-38-35-47(13-3)36-39-50)60-33-23-32-52-48-26-17-18-27-51(40-48)68-64(52)60/h11-12,14-15,17-24,26-43,46,48H,1,5,8-9,13,16,25H2,2-4,6-7,10H3/b24-12-,37-34-,49-14+,63-59-. The molecule has 4 nitrogen and oxygen atoms in total. The number of ether oxygens (including phenoxy) is 2. The number of hydrogen-bond acceptors (Lipinski definition) is 4. The van der Waals surface area contributed by atoms with Gasteiger partial charge in [0.1, 0.15) is 17.6 Å². The monoisotopic (exact) mass is 892 g/mol. The minimum Gasteiger partial charge on any atom is -0.484 e. The second kappa shape index (κ2) is 20.9. The molecule has 68 heavy (non-hydrogen) atoms. The average Bonchev–Trinajstić information content (AvgIpc) is 3.56. The van der Waals surface area contributed by atoms with Crippen molar-refractivity contribution in [3.8, 4) is 5.75 Å². The first-order chi connectivity index (χ1) is 33.1. The van der Waals surface area contributed by atoms with Crippen molar-refractivity contribution in [1.29, 1.82) is 0 Å². The summed E-state index contributed by atoms with van der Waals surface area (Å²) in [5.41, 5.74) is 10.1. The van der Waals surface area contributed by atoms with E-state index in [4.69, 9.17) is 9.47 Å². The van der Waals surface area contributed by atoms with E-state index in [-0.39, 0.29) is 17.9 Å². The number of para-hydroxylation sites is 1. The largest absolute Gasteiger partial charge is 0.484 e. The summed E-state index contributed by atoms with van der Waals surface area (Å²) in [5.74, 6) is 2.77. The fraction of sp³-hybridized carbons (Fsp3) is 0.188. The van der Waals surface area contributed by atoms with Gasteiger partial charge in [0.25, 0.3) is 0 Å². The van der Waals surface area contributed by atoms with Crippen LogP contribution >= 0.6 is 0 Å². The minimum atomic E-state index is -0.219. The summed E-state index contributed by atoms with van der Waals surface area (Å²) in [5, 5.41) is 6.66. The first kappa shape index (κ1) is 47.0. The maximum Gasteiger partial charge on any atom is 0.155 e. The minimum absolute atomic E-state index is 0.0953. The predicted molar refractivity (Wildman–Crippen MR) is 293 cm³/mol. The van der Waals surface area contributed by atoms with Crippen molar-refractivity contribution in [2.45, 2.75) is 72.8 Å². The van der Waals surface area contributed by atoms with Gasteiger partial charge in [-0.25, -0.2) is 0 Å². The Bertz CT molecular complexity index is 3150. The van der Waals surface area contributed by atoms with E-state index in [1.54, 1.807) is 0 Å². The van der Waals surface area contributed by atoms with Crippen LogP contribution in [0, 0.1) is 5.92 Å². The molecule has 8 rings (SSSR count). The van der Waals surface area contributed by atoms with Gasteiger partial charge >= 0.3 is 0 Å². The Balaban J connectivity index is 1.46. The second-order valence-electron chi connectivity index (χ2n) is 17.8. The highest BCUT2D eigenvalue weighted by Crippen LogP contribution is 2.51. The maximum atomic E-state index is 6.90. The summed E-state index contributed by atoms with van der Waals surface area (Å²) in [4.78, 5) is 4.69. The van der Waals surface area contributed by atoms with Gasteiger partial charge in [0.05, 0.1) is 22.8 Å². The Morgan fingerprint density at radius 3 is 2.07 bits per heavy atom. The van der Waals surface area contributed by atoms with Crippen LogP contribution in [-0.2, 0) is 11.2 Å². The van der Waals surface area contributed by atoms with Crippen LogP contribution in [0.1, 0.15) is 71.4 Å². The summed E-state index contributed by atoms with van der Waals surface area (Å²) < 4.78 is 13.7. The third-order valence-electron chi connectivity index (χ3n) is 13.0. The molecule has 0 N–H and O–H groups in total. The molecule has 2 unspecified atom stereocenters. The number of hydrogen-bond donors (Lipinski definition) is 0. The summed E-state index contributed by atoms with van der Waals surface area (Å²) >= 11 is 0. The molecule has 1 aliphatic heterocycles. The maximum absolute atomic E-state index is 6.90. The van der Waals surface area contributed by atoms with Crippen molar-refractivity contribution in [3.05, 3.63) is 248 Å². The molecule has 0 saturated heterocycles. The molecule has 6 aromatic carbocycles. The SMILES string of the molecule is C=CCCC(=C)/C(OC(C)/C=C\C)=C(\C=C)N(C(/C=C\C(=C)C(C)C)=C/C)c1cc2c3ccccc3c(N(c3ccc(CC)cc3)c3cccc4c3OC3=CC4C=CC=C3)cc2c2ccccc12. The Hall–Kier alpha value is -7.56. The predicted octanol–water partition coefficient (Wildman–Crippen LogP) is 18.0. The first-order valence-electron chi connectivity index (χ1n) is 24.0. The highest BCUT2D eigenvalue weighted by Gasteiger charge is 2.29. The van der Waals surface area contributed by atoms with Gasteiger partial charge in [-0.2, -0.15) is 0 Å². The van der Waals surface area contributed by atoms with Gasteiger partial charge in [0.15, 0.2) is 5.75 Å². The first-order valence-corrected chi connectivity index (χ1v) is 24.0. The number of fused-ring (bicyclic) bond motifs is 8. The topological polar surface area (TPSA) is 24.9 Å². The molecule has 0 saturated carbocycles. The van der Waals surface area contributed by atoms with Crippen molar-refractivity contribution >= 4 is 55.1 Å². The molecule has 0 radical (unpaired) electrons. The van der Waals surface area contributed by atoms with Gasteiger partial charge in [-0.05, 0) is 139 Å². The van der Waals surface area contributed by atoms with Crippen molar-refractivity contribution in [3.63, 3.8) is 0 Å². The van der Waals surface area contributed by atoms with Crippen LogP contribution in [0.2, 0.25) is 0 Å². The number of rotatable bonds is 18. The molecular weight excluding hydrogens is 829 g/mol. The van der Waals surface area contributed by atoms with E-state index in [9.17, 15) is 0 Å². The van der Waals surface area contributed by atoms with E-state index >= 15 is 0 Å². The molecule has 2 bridgehead atoms. The van der Waals surface area contributed by atoms with E-state index in [1.807, 2.05) is 31.2 Å². The number of nitrogens with zero attached hydrogens (tertiary/aromatic N) is 2. The van der Waals surface area contributed by atoms with Gasteiger partial charge in [0, 0.05) is 33.6 Å². The van der Waals surface area contributed by atoms with Crippen molar-refractivity contribution in [2.75, 3.05) is 9.80 Å². The molecule has 0 aromatic heterocycles. The van der Waals surface area contributed by atoms with E-state index in [0.29, 0.717) is 12.2 Å². The van der Waals surface area contributed by atoms with Crippen LogP contribution in [0.15, 0.2) is 236 Å². The molecule has 6 aromatic rings. The van der Waals surface area contributed by atoms with Crippen molar-refractivity contribution in [1.82, 2.24) is 0 Å². The Morgan fingerprint density at radius 1 is 0.765 bits per heavy atom. The molecule has 4 heteroatoms. The third kappa shape index (κ3) is 9.37. The summed E-state index contributed by atoms with van der Waals surface area (Å²) in [6.45, 7) is 30.2. The Kier molecular flexibility index (Phi) is 14.5. The van der Waals surface area contributed by atoms with Crippen LogP contribution in [0.25, 0.3) is 32.3 Å². The zero-order valence-electron chi connectivity index (χ0n) is 40.6. The Morgan fingerprint density at radius 2 is 1.44 bits per heavy atom. The van der Waals surface area contributed by atoms with Crippen LogP contribution < -0.4 is 14.5 Å².